The maximum Gasteiger partial charge on any atom is 0.305 e. The average Bonchev–Trinajstić information content (AvgIpc) is 2.56. The van der Waals surface area contributed by atoms with Gasteiger partial charge in [0.1, 0.15) is 5.75 Å². The molecule has 7 heteroatoms. The van der Waals surface area contributed by atoms with Gasteiger partial charge in [-0.15, -0.1) is 0 Å². The molecule has 1 aromatic rings. The van der Waals surface area contributed by atoms with E-state index in [-0.39, 0.29) is 29.1 Å². The fraction of sp³-hybridized carbons (Fsp3) is 0.611. The molecule has 1 rings (SSSR count). The predicted molar refractivity (Wildman–Crippen MR) is 97.1 cm³/mol. The van der Waals surface area contributed by atoms with Gasteiger partial charge in [-0.05, 0) is 56.4 Å². The molecule has 1 N–H and O–H groups in total. The van der Waals surface area contributed by atoms with Crippen LogP contribution < -0.4 is 0 Å². The molecule has 0 bridgehead atoms. The number of esters is 1. The van der Waals surface area contributed by atoms with E-state index in [1.165, 1.54) is 23.5 Å². The summed E-state index contributed by atoms with van der Waals surface area (Å²) < 4.78 is 32.6. The molecule has 0 fully saturated rings. The van der Waals surface area contributed by atoms with Crippen molar-refractivity contribution in [1.29, 1.82) is 0 Å². The van der Waals surface area contributed by atoms with Crippen LogP contribution in [0.25, 0.3) is 0 Å². The standard InChI is InChI=1S/C18H29NO5S/c1-6-10-19(15(7-2)8-9-18(21)24-5)25(22,23)17-12-13(3)16(20)11-14(17)4/h11-12,15,20H,6-10H2,1-5H3. The zero-order valence-corrected chi connectivity index (χ0v) is 16.5. The van der Waals surface area contributed by atoms with Gasteiger partial charge in [-0.1, -0.05) is 13.8 Å². The van der Waals surface area contributed by atoms with Gasteiger partial charge in [0, 0.05) is 19.0 Å². The molecule has 6 nitrogen and oxygen atoms in total. The van der Waals surface area contributed by atoms with Crippen LogP contribution in [0.5, 0.6) is 5.75 Å². The molecule has 0 saturated carbocycles. The van der Waals surface area contributed by atoms with Crippen LogP contribution in [0, 0.1) is 13.8 Å². The first-order chi connectivity index (χ1) is 11.7. The monoisotopic (exact) mass is 371 g/mol. The molecular formula is C18H29NO5S. The number of sulfonamides is 1. The number of rotatable bonds is 9. The Morgan fingerprint density at radius 3 is 2.40 bits per heavy atom. The molecule has 0 aliphatic heterocycles. The lowest BCUT2D eigenvalue weighted by atomic mass is 10.1. The van der Waals surface area contributed by atoms with E-state index in [1.807, 2.05) is 13.8 Å². The predicted octanol–water partition coefficient (Wildman–Crippen LogP) is 3.14. The number of hydrogen-bond donors (Lipinski definition) is 1. The van der Waals surface area contributed by atoms with Crippen LogP contribution in [-0.2, 0) is 19.6 Å². The Morgan fingerprint density at radius 2 is 1.88 bits per heavy atom. The lowest BCUT2D eigenvalue weighted by Crippen LogP contribution is -2.41. The van der Waals surface area contributed by atoms with Gasteiger partial charge in [-0.2, -0.15) is 4.31 Å². The number of aromatic hydroxyl groups is 1. The summed E-state index contributed by atoms with van der Waals surface area (Å²) in [4.78, 5) is 11.7. The Balaban J connectivity index is 3.26. The number of phenols is 1. The Kier molecular flexibility index (Phi) is 7.89. The van der Waals surface area contributed by atoms with Crippen LogP contribution in [0.2, 0.25) is 0 Å². The molecule has 0 amide bonds. The van der Waals surface area contributed by atoms with E-state index >= 15 is 0 Å². The van der Waals surface area contributed by atoms with Crippen molar-refractivity contribution in [3.8, 4) is 5.75 Å². The number of methoxy groups -OCH3 is 1. The number of nitrogens with zero attached hydrogens (tertiary/aromatic N) is 1. The molecular weight excluding hydrogens is 342 g/mol. The minimum absolute atomic E-state index is 0.0798. The molecule has 0 aromatic heterocycles. The van der Waals surface area contributed by atoms with Gasteiger partial charge in [0.15, 0.2) is 0 Å². The molecule has 0 aliphatic rings. The first-order valence-corrected chi connectivity index (χ1v) is 10.0. The van der Waals surface area contributed by atoms with Gasteiger partial charge in [0.05, 0.1) is 12.0 Å². The second-order valence-electron chi connectivity index (χ2n) is 6.20. The summed E-state index contributed by atoms with van der Waals surface area (Å²) in [6.07, 6.45) is 1.87. The molecule has 1 atom stereocenters. The van der Waals surface area contributed by atoms with E-state index in [0.29, 0.717) is 36.9 Å². The summed E-state index contributed by atoms with van der Waals surface area (Å²) in [5, 5.41) is 9.80. The van der Waals surface area contributed by atoms with Crippen molar-refractivity contribution in [2.24, 2.45) is 0 Å². The number of hydrogen-bond acceptors (Lipinski definition) is 5. The molecule has 1 unspecified atom stereocenters. The Bertz CT molecular complexity index is 700. The molecule has 0 heterocycles. The number of carbonyl (C=O) groups is 1. The van der Waals surface area contributed by atoms with Gasteiger partial charge in [0.25, 0.3) is 0 Å². The van der Waals surface area contributed by atoms with E-state index in [1.54, 1.807) is 13.8 Å². The summed E-state index contributed by atoms with van der Waals surface area (Å²) in [6.45, 7) is 7.55. The number of phenolic OH excluding ortho intramolecular Hbond substituents is 1. The minimum Gasteiger partial charge on any atom is -0.508 e. The molecule has 142 valence electrons. The fourth-order valence-electron chi connectivity index (χ4n) is 2.84. The highest BCUT2D eigenvalue weighted by Gasteiger charge is 2.31. The Hall–Kier alpha value is -1.60. The highest BCUT2D eigenvalue weighted by Crippen LogP contribution is 2.29. The van der Waals surface area contributed by atoms with E-state index in [4.69, 9.17) is 0 Å². The van der Waals surface area contributed by atoms with Crippen molar-refractivity contribution >= 4 is 16.0 Å². The van der Waals surface area contributed by atoms with Crippen LogP contribution in [-0.4, -0.2) is 43.5 Å². The van der Waals surface area contributed by atoms with Crippen molar-refractivity contribution in [3.05, 3.63) is 23.3 Å². The van der Waals surface area contributed by atoms with Crippen molar-refractivity contribution in [2.75, 3.05) is 13.7 Å². The summed E-state index contributed by atoms with van der Waals surface area (Å²) in [7, 11) is -2.40. The van der Waals surface area contributed by atoms with E-state index in [9.17, 15) is 18.3 Å². The number of carbonyl (C=O) groups excluding carboxylic acids is 1. The van der Waals surface area contributed by atoms with Gasteiger partial charge < -0.3 is 9.84 Å². The first-order valence-electron chi connectivity index (χ1n) is 8.57. The topological polar surface area (TPSA) is 83.9 Å². The molecule has 25 heavy (non-hydrogen) atoms. The zero-order valence-electron chi connectivity index (χ0n) is 15.7. The van der Waals surface area contributed by atoms with E-state index in [2.05, 4.69) is 4.74 Å². The van der Waals surface area contributed by atoms with Gasteiger partial charge >= 0.3 is 5.97 Å². The quantitative estimate of drug-likeness (QED) is 0.674. The second-order valence-corrected chi connectivity index (χ2v) is 8.06. The highest BCUT2D eigenvalue weighted by atomic mass is 32.2. The second kappa shape index (κ2) is 9.20. The SMILES string of the molecule is CCCN(C(CC)CCC(=O)OC)S(=O)(=O)c1cc(C)c(O)cc1C. The normalized spacial score (nSPS) is 13.0. The number of ether oxygens (including phenoxy) is 1. The van der Waals surface area contributed by atoms with Crippen molar-refractivity contribution in [1.82, 2.24) is 4.31 Å². The highest BCUT2D eigenvalue weighted by molar-refractivity contribution is 7.89. The van der Waals surface area contributed by atoms with E-state index < -0.39 is 10.0 Å². The van der Waals surface area contributed by atoms with Gasteiger partial charge in [-0.25, -0.2) is 8.42 Å². The maximum atomic E-state index is 13.2. The average molecular weight is 371 g/mol. The third-order valence-corrected chi connectivity index (χ3v) is 6.41. The lowest BCUT2D eigenvalue weighted by molar-refractivity contribution is -0.140. The number of benzene rings is 1. The summed E-state index contributed by atoms with van der Waals surface area (Å²) >= 11 is 0. The fourth-order valence-corrected chi connectivity index (χ4v) is 4.95. The van der Waals surface area contributed by atoms with Crippen LogP contribution in [0.3, 0.4) is 0 Å². The Labute approximate surface area is 150 Å². The van der Waals surface area contributed by atoms with Crippen LogP contribution in [0.4, 0.5) is 0 Å². The van der Waals surface area contributed by atoms with Crippen molar-refractivity contribution in [3.63, 3.8) is 0 Å². The van der Waals surface area contributed by atoms with Crippen molar-refractivity contribution < 1.29 is 23.1 Å². The molecule has 0 saturated heterocycles. The van der Waals surface area contributed by atoms with Crippen molar-refractivity contribution in [2.45, 2.75) is 64.3 Å². The van der Waals surface area contributed by atoms with Gasteiger partial charge in [0.2, 0.25) is 10.0 Å². The van der Waals surface area contributed by atoms with Gasteiger partial charge in [-0.3, -0.25) is 4.79 Å². The van der Waals surface area contributed by atoms with Crippen LogP contribution in [0.1, 0.15) is 50.7 Å². The van der Waals surface area contributed by atoms with E-state index in [0.717, 1.165) is 0 Å². The third kappa shape index (κ3) is 5.19. The molecule has 1 aromatic carbocycles. The Morgan fingerprint density at radius 1 is 1.24 bits per heavy atom. The lowest BCUT2D eigenvalue weighted by Gasteiger charge is -2.30. The number of aryl methyl sites for hydroxylation is 2. The maximum absolute atomic E-state index is 13.2. The largest absolute Gasteiger partial charge is 0.508 e. The smallest absolute Gasteiger partial charge is 0.305 e. The summed E-state index contributed by atoms with van der Waals surface area (Å²) in [5.41, 5.74) is 1.02. The molecule has 0 radical (unpaired) electrons. The first kappa shape index (κ1) is 21.4. The summed E-state index contributed by atoms with van der Waals surface area (Å²) in [6, 6.07) is 2.70. The zero-order chi connectivity index (χ0) is 19.2. The van der Waals surface area contributed by atoms with Crippen LogP contribution in [0.15, 0.2) is 17.0 Å². The van der Waals surface area contributed by atoms with Crippen LogP contribution >= 0.6 is 0 Å². The molecule has 0 spiro atoms. The molecule has 0 aliphatic carbocycles. The minimum atomic E-state index is -3.73. The third-order valence-electron chi connectivity index (χ3n) is 4.31. The summed E-state index contributed by atoms with van der Waals surface area (Å²) in [5.74, 6) is -0.264.